The lowest BCUT2D eigenvalue weighted by Crippen LogP contribution is -2.32. The van der Waals surface area contributed by atoms with Gasteiger partial charge in [0, 0.05) is 35.9 Å². The molecule has 1 N–H and O–H groups in total. The lowest BCUT2D eigenvalue weighted by molar-refractivity contribution is 0.576. The van der Waals surface area contributed by atoms with Crippen LogP contribution in [0.25, 0.3) is 0 Å². The molecule has 0 aliphatic carbocycles. The van der Waals surface area contributed by atoms with Gasteiger partial charge in [-0.15, -0.1) is 23.1 Å². The molecule has 0 fully saturated rings. The van der Waals surface area contributed by atoms with E-state index < -0.39 is 0 Å². The fourth-order valence-electron chi connectivity index (χ4n) is 1.91. The topological polar surface area (TPSA) is 12.0 Å². The zero-order valence-corrected chi connectivity index (χ0v) is 16.0. The first-order valence-electron chi connectivity index (χ1n) is 6.52. The SMILES string of the molecule is CCNC(CSc1ccc(Br)cc1)Cc1cc(Br)cs1. The van der Waals surface area contributed by atoms with Gasteiger partial charge in [-0.2, -0.15) is 0 Å². The van der Waals surface area contributed by atoms with Crippen molar-refractivity contribution in [1.29, 1.82) is 0 Å². The molecule has 0 amide bonds. The lowest BCUT2D eigenvalue weighted by atomic mass is 10.2. The van der Waals surface area contributed by atoms with Crippen molar-refractivity contribution < 1.29 is 0 Å². The van der Waals surface area contributed by atoms with Crippen LogP contribution < -0.4 is 5.32 Å². The molecule has 0 saturated carbocycles. The molecule has 108 valence electrons. The van der Waals surface area contributed by atoms with Crippen molar-refractivity contribution in [2.45, 2.75) is 24.3 Å². The van der Waals surface area contributed by atoms with Gasteiger partial charge in [0.05, 0.1) is 0 Å². The van der Waals surface area contributed by atoms with Gasteiger partial charge < -0.3 is 5.32 Å². The molecule has 5 heteroatoms. The van der Waals surface area contributed by atoms with E-state index in [2.05, 4.69) is 79.8 Å². The van der Waals surface area contributed by atoms with Crippen molar-refractivity contribution in [3.63, 3.8) is 0 Å². The molecule has 0 bridgehead atoms. The molecule has 1 aromatic carbocycles. The van der Waals surface area contributed by atoms with Crippen molar-refractivity contribution in [2.75, 3.05) is 12.3 Å². The highest BCUT2D eigenvalue weighted by Gasteiger charge is 2.10. The third-order valence-corrected chi connectivity index (χ3v) is 6.25. The largest absolute Gasteiger partial charge is 0.313 e. The zero-order valence-electron chi connectivity index (χ0n) is 11.2. The van der Waals surface area contributed by atoms with E-state index >= 15 is 0 Å². The van der Waals surface area contributed by atoms with Crippen LogP contribution >= 0.6 is 55.0 Å². The van der Waals surface area contributed by atoms with Crippen molar-refractivity contribution in [3.05, 3.63) is 49.5 Å². The van der Waals surface area contributed by atoms with Crippen LogP contribution in [0.3, 0.4) is 0 Å². The molecule has 1 aromatic heterocycles. The first kappa shape index (κ1) is 16.6. The van der Waals surface area contributed by atoms with E-state index in [1.807, 2.05) is 23.1 Å². The Morgan fingerprint density at radius 3 is 2.55 bits per heavy atom. The normalized spacial score (nSPS) is 12.6. The predicted molar refractivity (Wildman–Crippen MR) is 98.1 cm³/mol. The van der Waals surface area contributed by atoms with E-state index in [0.717, 1.165) is 23.2 Å². The Morgan fingerprint density at radius 2 is 1.95 bits per heavy atom. The molecule has 0 spiro atoms. The minimum absolute atomic E-state index is 0.513. The molecule has 1 atom stereocenters. The van der Waals surface area contributed by atoms with Gasteiger partial charge >= 0.3 is 0 Å². The highest BCUT2D eigenvalue weighted by atomic mass is 79.9. The van der Waals surface area contributed by atoms with Gasteiger partial charge in [-0.3, -0.25) is 0 Å². The Labute approximate surface area is 145 Å². The summed E-state index contributed by atoms with van der Waals surface area (Å²) in [7, 11) is 0. The summed E-state index contributed by atoms with van der Waals surface area (Å²) in [6.45, 7) is 3.18. The van der Waals surface area contributed by atoms with Gasteiger partial charge in [-0.25, -0.2) is 0 Å². The summed E-state index contributed by atoms with van der Waals surface area (Å²) in [5, 5.41) is 5.74. The van der Waals surface area contributed by atoms with Crippen molar-refractivity contribution >= 4 is 55.0 Å². The summed E-state index contributed by atoms with van der Waals surface area (Å²) in [5.74, 6) is 1.09. The average Bonchev–Trinajstić information content (AvgIpc) is 2.83. The summed E-state index contributed by atoms with van der Waals surface area (Å²) < 4.78 is 2.32. The van der Waals surface area contributed by atoms with Crippen LogP contribution in [0.2, 0.25) is 0 Å². The zero-order chi connectivity index (χ0) is 14.4. The maximum Gasteiger partial charge on any atom is 0.0285 e. The number of thioether (sulfide) groups is 1. The maximum atomic E-state index is 3.58. The second-order valence-electron chi connectivity index (χ2n) is 4.45. The van der Waals surface area contributed by atoms with Crippen LogP contribution in [0.4, 0.5) is 0 Å². The predicted octanol–water partition coefficient (Wildman–Crippen LogP) is 5.59. The Morgan fingerprint density at radius 1 is 1.20 bits per heavy atom. The van der Waals surface area contributed by atoms with E-state index in [1.54, 1.807) is 0 Å². The average molecular weight is 435 g/mol. The first-order chi connectivity index (χ1) is 9.67. The number of halogens is 2. The van der Waals surface area contributed by atoms with Crippen molar-refractivity contribution in [3.8, 4) is 0 Å². The molecule has 1 nitrogen and oxygen atoms in total. The molecular weight excluding hydrogens is 418 g/mol. The first-order valence-corrected chi connectivity index (χ1v) is 9.97. The monoisotopic (exact) mass is 433 g/mol. The second kappa shape index (κ2) is 8.59. The quantitative estimate of drug-likeness (QED) is 0.570. The number of nitrogens with one attached hydrogen (secondary N) is 1. The van der Waals surface area contributed by atoms with E-state index in [1.165, 1.54) is 14.2 Å². The van der Waals surface area contributed by atoms with E-state index in [4.69, 9.17) is 0 Å². The Bertz CT molecular complexity index is 525. The highest BCUT2D eigenvalue weighted by molar-refractivity contribution is 9.10. The fourth-order valence-corrected chi connectivity index (χ4v) is 4.66. The third-order valence-electron chi connectivity index (χ3n) is 2.83. The molecule has 0 radical (unpaired) electrons. The Balaban J connectivity index is 1.90. The molecule has 20 heavy (non-hydrogen) atoms. The summed E-state index contributed by atoms with van der Waals surface area (Å²) in [6.07, 6.45) is 1.09. The standard InChI is InChI=1S/C15H17Br2NS2/c1-2-18-13(8-15-7-12(17)9-19-15)10-20-14-5-3-11(16)4-6-14/h3-7,9,13,18H,2,8,10H2,1H3. The van der Waals surface area contributed by atoms with Crippen LogP contribution in [0, 0.1) is 0 Å². The molecule has 1 unspecified atom stereocenters. The summed E-state index contributed by atoms with van der Waals surface area (Å²) in [4.78, 5) is 2.75. The second-order valence-corrected chi connectivity index (χ2v) is 8.38. The van der Waals surface area contributed by atoms with Gasteiger partial charge in [0.15, 0.2) is 0 Å². The Kier molecular flexibility index (Phi) is 7.11. The van der Waals surface area contributed by atoms with Gasteiger partial charge in [-0.1, -0.05) is 22.9 Å². The van der Waals surface area contributed by atoms with Crippen molar-refractivity contribution in [2.24, 2.45) is 0 Å². The molecule has 1 heterocycles. The fraction of sp³-hybridized carbons (Fsp3) is 0.333. The highest BCUT2D eigenvalue weighted by Crippen LogP contribution is 2.24. The number of thiophene rings is 1. The summed E-state index contributed by atoms with van der Waals surface area (Å²) >= 11 is 10.7. The van der Waals surface area contributed by atoms with Crippen LogP contribution in [-0.2, 0) is 6.42 Å². The number of likely N-dealkylation sites (N-methyl/N-ethyl adjacent to an activating group) is 1. The van der Waals surface area contributed by atoms with E-state index in [9.17, 15) is 0 Å². The van der Waals surface area contributed by atoms with Gasteiger partial charge in [0.25, 0.3) is 0 Å². The molecular formula is C15H17Br2NS2. The number of hydrogen-bond acceptors (Lipinski definition) is 3. The lowest BCUT2D eigenvalue weighted by Gasteiger charge is -2.16. The number of hydrogen-bond donors (Lipinski definition) is 1. The van der Waals surface area contributed by atoms with Crippen molar-refractivity contribution in [1.82, 2.24) is 5.32 Å². The molecule has 2 rings (SSSR count). The molecule has 0 saturated heterocycles. The number of benzene rings is 1. The third kappa shape index (κ3) is 5.53. The molecule has 2 aromatic rings. The maximum absolute atomic E-state index is 3.58. The van der Waals surface area contributed by atoms with Gasteiger partial charge in [-0.05, 0) is 59.2 Å². The van der Waals surface area contributed by atoms with Crippen LogP contribution in [-0.4, -0.2) is 18.3 Å². The minimum Gasteiger partial charge on any atom is -0.313 e. The van der Waals surface area contributed by atoms with Gasteiger partial charge in [0.1, 0.15) is 0 Å². The Hall–Kier alpha value is 0.190. The van der Waals surface area contributed by atoms with Crippen LogP contribution in [0.15, 0.2) is 49.6 Å². The van der Waals surface area contributed by atoms with Gasteiger partial charge in [0.2, 0.25) is 0 Å². The smallest absolute Gasteiger partial charge is 0.0285 e. The minimum atomic E-state index is 0.513. The molecule has 0 aliphatic heterocycles. The number of rotatable bonds is 7. The van der Waals surface area contributed by atoms with Crippen LogP contribution in [0.5, 0.6) is 0 Å². The van der Waals surface area contributed by atoms with E-state index in [-0.39, 0.29) is 0 Å². The van der Waals surface area contributed by atoms with E-state index in [0.29, 0.717) is 6.04 Å². The summed E-state index contributed by atoms with van der Waals surface area (Å²) in [5.41, 5.74) is 0. The summed E-state index contributed by atoms with van der Waals surface area (Å²) in [6, 6.07) is 11.3. The molecule has 0 aliphatic rings. The van der Waals surface area contributed by atoms with Crippen LogP contribution in [0.1, 0.15) is 11.8 Å².